The minimum atomic E-state index is -0.128. The molecule has 0 fully saturated rings. The van der Waals surface area contributed by atoms with Crippen LogP contribution in [-0.2, 0) is 16.1 Å². The van der Waals surface area contributed by atoms with E-state index in [2.05, 4.69) is 16.0 Å². The van der Waals surface area contributed by atoms with Crippen LogP contribution in [0.25, 0.3) is 0 Å². The molecule has 0 spiro atoms. The van der Waals surface area contributed by atoms with Crippen LogP contribution in [0.2, 0.25) is 5.02 Å². The van der Waals surface area contributed by atoms with E-state index in [0.717, 1.165) is 16.9 Å². The van der Waals surface area contributed by atoms with E-state index in [-0.39, 0.29) is 24.3 Å². The fourth-order valence-corrected chi connectivity index (χ4v) is 2.24. The minimum absolute atomic E-state index is 0.0281. The number of carbonyl (C=O) groups excluding carboxylic acids is 2. The molecule has 0 aliphatic rings. The van der Waals surface area contributed by atoms with Crippen LogP contribution in [0.1, 0.15) is 19.4 Å². The van der Waals surface area contributed by atoms with Gasteiger partial charge in [-0.3, -0.25) is 9.59 Å². The first-order valence-corrected chi connectivity index (χ1v) is 8.48. The van der Waals surface area contributed by atoms with Crippen molar-refractivity contribution in [3.05, 3.63) is 59.1 Å². The van der Waals surface area contributed by atoms with E-state index >= 15 is 0 Å². The van der Waals surface area contributed by atoms with Crippen molar-refractivity contribution >= 4 is 34.8 Å². The summed E-state index contributed by atoms with van der Waals surface area (Å²) < 4.78 is 0. The maximum atomic E-state index is 11.9. The van der Waals surface area contributed by atoms with Gasteiger partial charge in [0.1, 0.15) is 0 Å². The van der Waals surface area contributed by atoms with E-state index in [1.54, 1.807) is 18.2 Å². The molecular weight excluding hydrogens is 338 g/mol. The van der Waals surface area contributed by atoms with Crippen LogP contribution in [0, 0.1) is 5.92 Å². The highest BCUT2D eigenvalue weighted by atomic mass is 35.5. The number of amides is 2. The number of benzene rings is 2. The van der Waals surface area contributed by atoms with Gasteiger partial charge in [0.2, 0.25) is 11.8 Å². The number of halogens is 1. The lowest BCUT2D eigenvalue weighted by Gasteiger charge is -2.10. The fourth-order valence-electron chi connectivity index (χ4n) is 2.04. The first kappa shape index (κ1) is 18.8. The Kier molecular flexibility index (Phi) is 6.83. The van der Waals surface area contributed by atoms with E-state index in [9.17, 15) is 9.59 Å². The molecule has 0 heterocycles. The normalized spacial score (nSPS) is 10.4. The molecule has 2 aromatic rings. The van der Waals surface area contributed by atoms with Gasteiger partial charge in [0.25, 0.3) is 0 Å². The lowest BCUT2D eigenvalue weighted by molar-refractivity contribution is -0.120. The van der Waals surface area contributed by atoms with Gasteiger partial charge >= 0.3 is 0 Å². The molecule has 0 saturated carbocycles. The summed E-state index contributed by atoms with van der Waals surface area (Å²) in [6, 6.07) is 14.6. The van der Waals surface area contributed by atoms with Gasteiger partial charge in [-0.25, -0.2) is 0 Å². The monoisotopic (exact) mass is 359 g/mol. The van der Waals surface area contributed by atoms with Crippen LogP contribution < -0.4 is 16.0 Å². The van der Waals surface area contributed by atoms with Crippen LogP contribution in [-0.4, -0.2) is 18.4 Å². The van der Waals surface area contributed by atoms with E-state index in [1.807, 2.05) is 44.2 Å². The first-order valence-electron chi connectivity index (χ1n) is 8.10. The third-order valence-electron chi connectivity index (χ3n) is 3.56. The molecule has 0 aliphatic heterocycles. The third kappa shape index (κ3) is 6.12. The summed E-state index contributed by atoms with van der Waals surface area (Å²) in [5.74, 6) is -0.226. The van der Waals surface area contributed by atoms with E-state index in [1.165, 1.54) is 0 Å². The standard InChI is InChI=1S/C19H22ClN3O2/c1-13(2)19(25)23-16-9-7-15(8-10-16)21-12-18(24)22-11-14-5-3-4-6-17(14)20/h3-10,13,21H,11-12H2,1-2H3,(H,22,24)(H,23,25). The van der Waals surface area contributed by atoms with Gasteiger partial charge in [0.05, 0.1) is 6.54 Å². The maximum Gasteiger partial charge on any atom is 0.239 e. The molecule has 6 heteroatoms. The molecule has 0 unspecified atom stereocenters. The zero-order valence-electron chi connectivity index (χ0n) is 14.3. The molecule has 3 N–H and O–H groups in total. The molecule has 0 aliphatic carbocycles. The number of anilines is 2. The van der Waals surface area contributed by atoms with E-state index in [4.69, 9.17) is 11.6 Å². The molecule has 0 bridgehead atoms. The zero-order chi connectivity index (χ0) is 18.2. The van der Waals surface area contributed by atoms with Gasteiger partial charge in [0, 0.05) is 28.9 Å². The highest BCUT2D eigenvalue weighted by molar-refractivity contribution is 6.31. The van der Waals surface area contributed by atoms with E-state index in [0.29, 0.717) is 11.6 Å². The number of rotatable bonds is 7. The molecule has 25 heavy (non-hydrogen) atoms. The number of nitrogens with one attached hydrogen (secondary N) is 3. The SMILES string of the molecule is CC(C)C(=O)Nc1ccc(NCC(=O)NCc2ccccc2Cl)cc1. The van der Waals surface area contributed by atoms with Gasteiger partial charge in [0.15, 0.2) is 0 Å². The Balaban J connectivity index is 1.78. The van der Waals surface area contributed by atoms with Gasteiger partial charge < -0.3 is 16.0 Å². The van der Waals surface area contributed by atoms with Crippen molar-refractivity contribution < 1.29 is 9.59 Å². The number of hydrogen-bond acceptors (Lipinski definition) is 3. The van der Waals surface area contributed by atoms with Gasteiger partial charge in [-0.05, 0) is 35.9 Å². The summed E-state index contributed by atoms with van der Waals surface area (Å²) in [4.78, 5) is 23.6. The Morgan fingerprint density at radius 3 is 2.28 bits per heavy atom. The van der Waals surface area contributed by atoms with Crippen molar-refractivity contribution in [2.75, 3.05) is 17.2 Å². The van der Waals surface area contributed by atoms with Crippen molar-refractivity contribution in [3.63, 3.8) is 0 Å². The quantitative estimate of drug-likeness (QED) is 0.706. The molecule has 0 aromatic heterocycles. The Bertz CT molecular complexity index is 730. The fraction of sp³-hybridized carbons (Fsp3) is 0.263. The summed E-state index contributed by atoms with van der Waals surface area (Å²) in [7, 11) is 0. The predicted molar refractivity (Wildman–Crippen MR) is 102 cm³/mol. The van der Waals surface area contributed by atoms with Gasteiger partial charge in [-0.1, -0.05) is 43.6 Å². The second-order valence-corrected chi connectivity index (χ2v) is 6.35. The molecule has 132 valence electrons. The van der Waals surface area contributed by atoms with Crippen LogP contribution in [0.5, 0.6) is 0 Å². The lowest BCUT2D eigenvalue weighted by atomic mass is 10.2. The summed E-state index contributed by atoms with van der Waals surface area (Å²) in [6.45, 7) is 4.22. The Morgan fingerprint density at radius 2 is 1.64 bits per heavy atom. The van der Waals surface area contributed by atoms with Crippen LogP contribution >= 0.6 is 11.6 Å². The topological polar surface area (TPSA) is 70.2 Å². The highest BCUT2D eigenvalue weighted by Crippen LogP contribution is 2.15. The van der Waals surface area contributed by atoms with Crippen molar-refractivity contribution in [2.45, 2.75) is 20.4 Å². The van der Waals surface area contributed by atoms with Crippen molar-refractivity contribution in [2.24, 2.45) is 5.92 Å². The first-order chi connectivity index (χ1) is 12.0. The predicted octanol–water partition coefficient (Wildman–Crippen LogP) is 3.66. The Hall–Kier alpha value is -2.53. The summed E-state index contributed by atoms with van der Waals surface area (Å²) >= 11 is 6.05. The second-order valence-electron chi connectivity index (χ2n) is 5.94. The van der Waals surface area contributed by atoms with Crippen molar-refractivity contribution in [1.29, 1.82) is 0 Å². The molecular formula is C19H22ClN3O2. The molecule has 5 nitrogen and oxygen atoms in total. The third-order valence-corrected chi connectivity index (χ3v) is 3.93. The summed E-state index contributed by atoms with van der Waals surface area (Å²) in [5, 5.41) is 9.31. The second kappa shape index (κ2) is 9.08. The number of carbonyl (C=O) groups is 2. The molecule has 2 rings (SSSR count). The van der Waals surface area contributed by atoms with Crippen LogP contribution in [0.15, 0.2) is 48.5 Å². The van der Waals surface area contributed by atoms with Gasteiger partial charge in [-0.2, -0.15) is 0 Å². The summed E-state index contributed by atoms with van der Waals surface area (Å²) in [5.41, 5.74) is 2.41. The zero-order valence-corrected chi connectivity index (χ0v) is 15.1. The minimum Gasteiger partial charge on any atom is -0.376 e. The Morgan fingerprint density at radius 1 is 1.00 bits per heavy atom. The van der Waals surface area contributed by atoms with E-state index < -0.39 is 0 Å². The van der Waals surface area contributed by atoms with Crippen molar-refractivity contribution in [3.8, 4) is 0 Å². The largest absolute Gasteiger partial charge is 0.376 e. The molecule has 2 aromatic carbocycles. The number of hydrogen-bond donors (Lipinski definition) is 3. The maximum absolute atomic E-state index is 11.9. The smallest absolute Gasteiger partial charge is 0.239 e. The summed E-state index contributed by atoms with van der Waals surface area (Å²) in [6.07, 6.45) is 0. The molecule has 0 radical (unpaired) electrons. The Labute approximate surface area is 152 Å². The van der Waals surface area contributed by atoms with Gasteiger partial charge in [-0.15, -0.1) is 0 Å². The van der Waals surface area contributed by atoms with Crippen LogP contribution in [0.4, 0.5) is 11.4 Å². The molecule has 2 amide bonds. The molecule has 0 atom stereocenters. The highest BCUT2D eigenvalue weighted by Gasteiger charge is 2.07. The average Bonchev–Trinajstić information content (AvgIpc) is 2.60. The average molecular weight is 360 g/mol. The van der Waals surface area contributed by atoms with Crippen molar-refractivity contribution in [1.82, 2.24) is 5.32 Å². The lowest BCUT2D eigenvalue weighted by Crippen LogP contribution is -2.29. The molecule has 0 saturated heterocycles. The van der Waals surface area contributed by atoms with Crippen LogP contribution in [0.3, 0.4) is 0 Å².